The van der Waals surface area contributed by atoms with Crippen LogP contribution < -0.4 is 0 Å². The van der Waals surface area contributed by atoms with Crippen LogP contribution in [0.15, 0.2) is 65.2 Å². The Bertz CT molecular complexity index is 1140. The lowest BCUT2D eigenvalue weighted by molar-refractivity contribution is 0.171. The Labute approximate surface area is 176 Å². The molecule has 4 heteroatoms. The Morgan fingerprint density at radius 1 is 0.967 bits per heavy atom. The predicted octanol–water partition coefficient (Wildman–Crippen LogP) is 6.36. The third kappa shape index (κ3) is 4.10. The molecule has 1 aromatic heterocycles. The molecular formula is C26H27FN2O. The summed E-state index contributed by atoms with van der Waals surface area (Å²) in [5, 5.41) is 7.80. The second-order valence-electron chi connectivity index (χ2n) is 8.52. The SMILES string of the molecule is Fc1ccc2c(CCCC3CCN(Cc4cccc5ccccc45)CC3)noc2c1. The number of likely N-dealkylation sites (tertiary alicyclic amines) is 1. The second-order valence-corrected chi connectivity index (χ2v) is 8.52. The van der Waals surface area contributed by atoms with Crippen LogP contribution in [0.3, 0.4) is 0 Å². The maximum Gasteiger partial charge on any atom is 0.170 e. The average Bonchev–Trinajstić information content (AvgIpc) is 3.17. The summed E-state index contributed by atoms with van der Waals surface area (Å²) < 4.78 is 18.6. The van der Waals surface area contributed by atoms with Crippen molar-refractivity contribution in [2.24, 2.45) is 5.92 Å². The minimum Gasteiger partial charge on any atom is -0.356 e. The molecule has 0 spiro atoms. The van der Waals surface area contributed by atoms with Gasteiger partial charge in [0.05, 0.1) is 5.69 Å². The molecule has 0 atom stereocenters. The zero-order valence-electron chi connectivity index (χ0n) is 17.2. The van der Waals surface area contributed by atoms with E-state index in [9.17, 15) is 4.39 Å². The molecular weight excluding hydrogens is 375 g/mol. The molecule has 1 fully saturated rings. The Kier molecular flexibility index (Phi) is 5.50. The molecule has 1 aliphatic rings. The summed E-state index contributed by atoms with van der Waals surface area (Å²) in [6.07, 6.45) is 5.74. The van der Waals surface area contributed by atoms with Gasteiger partial charge in [-0.25, -0.2) is 4.39 Å². The molecule has 154 valence electrons. The molecule has 0 unspecified atom stereocenters. The standard InChI is InChI=1S/C26H27FN2O/c27-22-11-12-24-25(28-30-26(24)17-22)10-3-5-19-13-15-29(16-14-19)18-21-8-4-7-20-6-1-2-9-23(20)21/h1-2,4,6-9,11-12,17,19H,3,5,10,13-16,18H2. The van der Waals surface area contributed by atoms with E-state index >= 15 is 0 Å². The number of aromatic nitrogens is 1. The largest absolute Gasteiger partial charge is 0.356 e. The molecule has 3 nitrogen and oxygen atoms in total. The molecule has 30 heavy (non-hydrogen) atoms. The summed E-state index contributed by atoms with van der Waals surface area (Å²) >= 11 is 0. The average molecular weight is 403 g/mol. The summed E-state index contributed by atoms with van der Waals surface area (Å²) in [6.45, 7) is 3.37. The van der Waals surface area contributed by atoms with E-state index in [0.717, 1.165) is 36.4 Å². The molecule has 2 heterocycles. The molecule has 0 bridgehead atoms. The molecule has 1 aliphatic heterocycles. The van der Waals surface area contributed by atoms with E-state index in [2.05, 4.69) is 52.5 Å². The number of nitrogens with zero attached hydrogens (tertiary/aromatic N) is 2. The van der Waals surface area contributed by atoms with Gasteiger partial charge in [-0.15, -0.1) is 0 Å². The van der Waals surface area contributed by atoms with Crippen molar-refractivity contribution in [2.45, 2.75) is 38.6 Å². The zero-order chi connectivity index (χ0) is 20.3. The quantitative estimate of drug-likeness (QED) is 0.376. The lowest BCUT2D eigenvalue weighted by Gasteiger charge is -2.32. The molecule has 3 aromatic carbocycles. The van der Waals surface area contributed by atoms with Crippen LogP contribution in [0, 0.1) is 11.7 Å². The van der Waals surface area contributed by atoms with Crippen LogP contribution in [0.1, 0.15) is 36.9 Å². The lowest BCUT2D eigenvalue weighted by Crippen LogP contribution is -2.33. The summed E-state index contributed by atoms with van der Waals surface area (Å²) in [5.74, 6) is 0.504. The van der Waals surface area contributed by atoms with Gasteiger partial charge in [0.15, 0.2) is 5.58 Å². The first-order valence-electron chi connectivity index (χ1n) is 11.0. The van der Waals surface area contributed by atoms with Crippen LogP contribution in [-0.2, 0) is 13.0 Å². The first-order chi connectivity index (χ1) is 14.8. The van der Waals surface area contributed by atoms with Crippen molar-refractivity contribution in [3.63, 3.8) is 0 Å². The van der Waals surface area contributed by atoms with Gasteiger partial charge in [-0.05, 0) is 79.6 Å². The van der Waals surface area contributed by atoms with E-state index in [0.29, 0.717) is 5.58 Å². The van der Waals surface area contributed by atoms with Crippen molar-refractivity contribution in [1.29, 1.82) is 0 Å². The molecule has 0 radical (unpaired) electrons. The van der Waals surface area contributed by atoms with Gasteiger partial charge >= 0.3 is 0 Å². The molecule has 4 aromatic rings. The van der Waals surface area contributed by atoms with Crippen LogP contribution in [0.25, 0.3) is 21.7 Å². The highest BCUT2D eigenvalue weighted by atomic mass is 19.1. The van der Waals surface area contributed by atoms with Crippen LogP contribution in [-0.4, -0.2) is 23.1 Å². The molecule has 0 aliphatic carbocycles. The van der Waals surface area contributed by atoms with Crippen molar-refractivity contribution in [2.75, 3.05) is 13.1 Å². The topological polar surface area (TPSA) is 29.3 Å². The van der Waals surface area contributed by atoms with Gasteiger partial charge in [0.2, 0.25) is 0 Å². The van der Waals surface area contributed by atoms with Crippen molar-refractivity contribution in [1.82, 2.24) is 10.1 Å². The zero-order valence-corrected chi connectivity index (χ0v) is 17.2. The number of hydrogen-bond acceptors (Lipinski definition) is 3. The monoisotopic (exact) mass is 402 g/mol. The van der Waals surface area contributed by atoms with Gasteiger partial charge in [0.1, 0.15) is 5.82 Å². The third-order valence-electron chi connectivity index (χ3n) is 6.52. The van der Waals surface area contributed by atoms with Gasteiger partial charge in [-0.3, -0.25) is 4.90 Å². The Morgan fingerprint density at radius 2 is 1.80 bits per heavy atom. The van der Waals surface area contributed by atoms with Gasteiger partial charge in [-0.1, -0.05) is 47.6 Å². The molecule has 5 rings (SSSR count). The van der Waals surface area contributed by atoms with E-state index in [1.54, 1.807) is 6.07 Å². The number of halogens is 1. The maximum atomic E-state index is 13.3. The second kappa shape index (κ2) is 8.57. The fourth-order valence-corrected chi connectivity index (χ4v) is 4.81. The molecule has 0 amide bonds. The lowest BCUT2D eigenvalue weighted by atomic mass is 9.90. The number of benzene rings is 3. The smallest absolute Gasteiger partial charge is 0.170 e. The van der Waals surface area contributed by atoms with E-state index in [4.69, 9.17) is 4.52 Å². The molecule has 0 N–H and O–H groups in total. The van der Waals surface area contributed by atoms with E-state index in [1.165, 1.54) is 60.8 Å². The van der Waals surface area contributed by atoms with Crippen LogP contribution in [0.4, 0.5) is 4.39 Å². The van der Waals surface area contributed by atoms with Crippen molar-refractivity contribution >= 4 is 21.7 Å². The normalized spacial score (nSPS) is 15.9. The number of piperidine rings is 1. The minimum atomic E-state index is -0.277. The highest BCUT2D eigenvalue weighted by Crippen LogP contribution is 2.27. The maximum absolute atomic E-state index is 13.3. The van der Waals surface area contributed by atoms with E-state index in [-0.39, 0.29) is 5.82 Å². The number of aryl methyl sites for hydroxylation is 1. The van der Waals surface area contributed by atoms with Crippen molar-refractivity contribution in [3.8, 4) is 0 Å². The minimum absolute atomic E-state index is 0.277. The van der Waals surface area contributed by atoms with E-state index < -0.39 is 0 Å². The molecule has 1 saturated heterocycles. The molecule has 0 saturated carbocycles. The van der Waals surface area contributed by atoms with E-state index in [1.807, 2.05) is 0 Å². The number of rotatable bonds is 6. The first kappa shape index (κ1) is 19.3. The van der Waals surface area contributed by atoms with Crippen molar-refractivity contribution < 1.29 is 8.91 Å². The highest BCUT2D eigenvalue weighted by Gasteiger charge is 2.20. The summed E-state index contributed by atoms with van der Waals surface area (Å²) in [7, 11) is 0. The van der Waals surface area contributed by atoms with Gasteiger partial charge in [0.25, 0.3) is 0 Å². The summed E-state index contributed by atoms with van der Waals surface area (Å²) in [4.78, 5) is 2.60. The van der Waals surface area contributed by atoms with Gasteiger partial charge in [0, 0.05) is 18.0 Å². The summed E-state index contributed by atoms with van der Waals surface area (Å²) in [5.41, 5.74) is 2.94. The third-order valence-corrected chi connectivity index (χ3v) is 6.52. The fourth-order valence-electron chi connectivity index (χ4n) is 4.81. The van der Waals surface area contributed by atoms with Crippen LogP contribution in [0.5, 0.6) is 0 Å². The van der Waals surface area contributed by atoms with Crippen LogP contribution >= 0.6 is 0 Å². The van der Waals surface area contributed by atoms with Gasteiger partial charge in [-0.2, -0.15) is 0 Å². The van der Waals surface area contributed by atoms with Gasteiger partial charge < -0.3 is 4.52 Å². The van der Waals surface area contributed by atoms with Crippen molar-refractivity contribution in [3.05, 3.63) is 77.7 Å². The van der Waals surface area contributed by atoms with Crippen LogP contribution in [0.2, 0.25) is 0 Å². The number of fused-ring (bicyclic) bond motifs is 2. The fraction of sp³-hybridized carbons (Fsp3) is 0.346. The Morgan fingerprint density at radius 3 is 2.70 bits per heavy atom. The predicted molar refractivity (Wildman–Crippen MR) is 119 cm³/mol. The first-order valence-corrected chi connectivity index (χ1v) is 11.0. The Hall–Kier alpha value is -2.72. The number of hydrogen-bond donors (Lipinski definition) is 0. The summed E-state index contributed by atoms with van der Waals surface area (Å²) in [6, 6.07) is 20.0. The Balaban J connectivity index is 1.12. The highest BCUT2D eigenvalue weighted by molar-refractivity contribution is 5.85.